The van der Waals surface area contributed by atoms with E-state index in [1.165, 1.54) is 0 Å². The van der Waals surface area contributed by atoms with Crippen molar-refractivity contribution in [3.05, 3.63) is 34.3 Å². The summed E-state index contributed by atoms with van der Waals surface area (Å²) in [7, 11) is 0. The van der Waals surface area contributed by atoms with Crippen LogP contribution < -0.4 is 11.1 Å². The van der Waals surface area contributed by atoms with E-state index in [0.29, 0.717) is 13.0 Å². The van der Waals surface area contributed by atoms with Gasteiger partial charge in [-0.05, 0) is 37.0 Å². The number of carbonyl (C=O) groups is 1. The molecule has 0 aromatic heterocycles. The van der Waals surface area contributed by atoms with Crippen LogP contribution in [0.2, 0.25) is 0 Å². The second-order valence-electron chi connectivity index (χ2n) is 4.87. The Morgan fingerprint density at radius 2 is 2.00 bits per heavy atom. The Hall–Kier alpha value is -0.580. The normalized spacial score (nSPS) is 10.8. The number of aryl methyl sites for hydroxylation is 1. The number of benzene rings is 1. The van der Waals surface area contributed by atoms with E-state index < -0.39 is 0 Å². The average Bonchev–Trinajstić information content (AvgIpc) is 2.43. The van der Waals surface area contributed by atoms with E-state index in [-0.39, 0.29) is 23.9 Å². The van der Waals surface area contributed by atoms with Crippen LogP contribution in [0.15, 0.2) is 28.7 Å². The van der Waals surface area contributed by atoms with E-state index >= 15 is 0 Å². The molecule has 0 saturated heterocycles. The summed E-state index contributed by atoms with van der Waals surface area (Å²) in [6.07, 6.45) is 2.98. The van der Waals surface area contributed by atoms with Gasteiger partial charge in [0.05, 0.1) is 5.54 Å². The SMILES string of the molecule is CCC(CC)(CN)NC(=O)CCc1cccc(Br)c1.Cl. The topological polar surface area (TPSA) is 55.1 Å². The first-order valence-corrected chi connectivity index (χ1v) is 7.60. The van der Waals surface area contributed by atoms with Crippen molar-refractivity contribution in [2.75, 3.05) is 6.54 Å². The van der Waals surface area contributed by atoms with Crippen molar-refractivity contribution in [2.45, 2.75) is 45.1 Å². The Morgan fingerprint density at radius 1 is 1.35 bits per heavy atom. The summed E-state index contributed by atoms with van der Waals surface area (Å²) in [5.74, 6) is 0.0779. The van der Waals surface area contributed by atoms with Crippen molar-refractivity contribution in [3.8, 4) is 0 Å². The fraction of sp³-hybridized carbons (Fsp3) is 0.533. The molecular formula is C15H24BrClN2O. The summed E-state index contributed by atoms with van der Waals surface area (Å²) in [4.78, 5) is 12.0. The van der Waals surface area contributed by atoms with Gasteiger partial charge in [-0.1, -0.05) is 41.9 Å². The summed E-state index contributed by atoms with van der Waals surface area (Å²) in [6.45, 7) is 4.61. The van der Waals surface area contributed by atoms with Gasteiger partial charge in [-0.25, -0.2) is 0 Å². The molecule has 114 valence electrons. The number of rotatable bonds is 7. The molecule has 1 aromatic rings. The standard InChI is InChI=1S/C15H23BrN2O.ClH/c1-3-15(4-2,11-17)18-14(19)9-8-12-6-5-7-13(16)10-12;/h5-7,10H,3-4,8-9,11,17H2,1-2H3,(H,18,19);1H. The summed E-state index contributed by atoms with van der Waals surface area (Å²) < 4.78 is 1.05. The van der Waals surface area contributed by atoms with E-state index in [4.69, 9.17) is 5.73 Å². The molecular weight excluding hydrogens is 340 g/mol. The van der Waals surface area contributed by atoms with Crippen LogP contribution in [-0.4, -0.2) is 18.0 Å². The first kappa shape index (κ1) is 19.4. The summed E-state index contributed by atoms with van der Waals surface area (Å²) >= 11 is 3.43. The Bertz CT molecular complexity index is 414. The van der Waals surface area contributed by atoms with Gasteiger partial charge in [0.1, 0.15) is 0 Å². The fourth-order valence-electron chi connectivity index (χ4n) is 2.08. The molecule has 1 rings (SSSR count). The van der Waals surface area contributed by atoms with Crippen LogP contribution >= 0.6 is 28.3 Å². The molecule has 3 nitrogen and oxygen atoms in total. The van der Waals surface area contributed by atoms with Gasteiger partial charge in [0.15, 0.2) is 0 Å². The number of amides is 1. The van der Waals surface area contributed by atoms with Gasteiger partial charge in [-0.2, -0.15) is 0 Å². The first-order chi connectivity index (χ1) is 9.05. The second-order valence-corrected chi connectivity index (χ2v) is 5.79. The highest BCUT2D eigenvalue weighted by molar-refractivity contribution is 9.10. The minimum Gasteiger partial charge on any atom is -0.349 e. The lowest BCUT2D eigenvalue weighted by atomic mass is 9.92. The molecule has 0 aliphatic rings. The van der Waals surface area contributed by atoms with Crippen LogP contribution in [0.3, 0.4) is 0 Å². The number of nitrogens with two attached hydrogens (primary N) is 1. The molecule has 0 aliphatic heterocycles. The molecule has 0 heterocycles. The third-order valence-electron chi connectivity index (χ3n) is 3.68. The zero-order chi connectivity index (χ0) is 14.3. The van der Waals surface area contributed by atoms with E-state index in [1.54, 1.807) is 0 Å². The van der Waals surface area contributed by atoms with Gasteiger partial charge in [0.25, 0.3) is 0 Å². The lowest BCUT2D eigenvalue weighted by molar-refractivity contribution is -0.123. The molecule has 20 heavy (non-hydrogen) atoms. The predicted molar refractivity (Wildman–Crippen MR) is 90.2 cm³/mol. The quantitative estimate of drug-likeness (QED) is 0.779. The van der Waals surface area contributed by atoms with E-state index in [1.807, 2.05) is 24.3 Å². The molecule has 0 unspecified atom stereocenters. The molecule has 0 aliphatic carbocycles. The molecule has 1 amide bonds. The highest BCUT2D eigenvalue weighted by atomic mass is 79.9. The molecule has 0 spiro atoms. The van der Waals surface area contributed by atoms with Crippen LogP contribution in [0.25, 0.3) is 0 Å². The van der Waals surface area contributed by atoms with Crippen molar-refractivity contribution >= 4 is 34.2 Å². The predicted octanol–water partition coefficient (Wildman–Crippen LogP) is 3.44. The van der Waals surface area contributed by atoms with Crippen LogP contribution in [-0.2, 0) is 11.2 Å². The van der Waals surface area contributed by atoms with Crippen LogP contribution in [0, 0.1) is 0 Å². The summed E-state index contributed by atoms with van der Waals surface area (Å²) in [5.41, 5.74) is 6.70. The first-order valence-electron chi connectivity index (χ1n) is 6.80. The highest BCUT2D eigenvalue weighted by Gasteiger charge is 2.25. The van der Waals surface area contributed by atoms with Gasteiger partial charge >= 0.3 is 0 Å². The van der Waals surface area contributed by atoms with Gasteiger partial charge in [0.2, 0.25) is 5.91 Å². The third-order valence-corrected chi connectivity index (χ3v) is 4.17. The highest BCUT2D eigenvalue weighted by Crippen LogP contribution is 2.15. The molecule has 0 bridgehead atoms. The number of hydrogen-bond donors (Lipinski definition) is 2. The van der Waals surface area contributed by atoms with Gasteiger partial charge < -0.3 is 11.1 Å². The zero-order valence-electron chi connectivity index (χ0n) is 12.1. The van der Waals surface area contributed by atoms with E-state index in [2.05, 4.69) is 35.1 Å². The lowest BCUT2D eigenvalue weighted by Crippen LogP contribution is -2.52. The third kappa shape index (κ3) is 5.81. The average molecular weight is 364 g/mol. The lowest BCUT2D eigenvalue weighted by Gasteiger charge is -2.31. The molecule has 0 fully saturated rings. The Morgan fingerprint density at radius 3 is 2.50 bits per heavy atom. The summed E-state index contributed by atoms with van der Waals surface area (Å²) in [5, 5.41) is 3.09. The second kappa shape index (κ2) is 9.37. The van der Waals surface area contributed by atoms with Crippen molar-refractivity contribution in [1.82, 2.24) is 5.32 Å². The van der Waals surface area contributed by atoms with Crippen LogP contribution in [0.4, 0.5) is 0 Å². The van der Waals surface area contributed by atoms with E-state index in [0.717, 1.165) is 29.3 Å². The van der Waals surface area contributed by atoms with E-state index in [9.17, 15) is 4.79 Å². The number of nitrogens with one attached hydrogen (secondary N) is 1. The maximum Gasteiger partial charge on any atom is 0.220 e. The minimum absolute atomic E-state index is 0. The van der Waals surface area contributed by atoms with Gasteiger partial charge in [-0.3, -0.25) is 4.79 Å². The van der Waals surface area contributed by atoms with Crippen LogP contribution in [0.5, 0.6) is 0 Å². The van der Waals surface area contributed by atoms with Crippen LogP contribution in [0.1, 0.15) is 38.7 Å². The van der Waals surface area contributed by atoms with Crippen molar-refractivity contribution in [1.29, 1.82) is 0 Å². The fourth-order valence-corrected chi connectivity index (χ4v) is 2.52. The smallest absolute Gasteiger partial charge is 0.220 e. The maximum atomic E-state index is 12.0. The largest absolute Gasteiger partial charge is 0.349 e. The number of carbonyl (C=O) groups excluding carboxylic acids is 1. The number of hydrogen-bond acceptors (Lipinski definition) is 2. The van der Waals surface area contributed by atoms with Gasteiger partial charge in [-0.15, -0.1) is 12.4 Å². The Balaban J connectivity index is 0.00000361. The molecule has 0 saturated carbocycles. The Kier molecular flexibility index (Phi) is 9.10. The molecule has 3 N–H and O–H groups in total. The Labute approximate surface area is 136 Å². The maximum absolute atomic E-state index is 12.0. The molecule has 0 radical (unpaired) electrons. The van der Waals surface area contributed by atoms with Gasteiger partial charge in [0, 0.05) is 17.4 Å². The molecule has 0 atom stereocenters. The molecule has 5 heteroatoms. The minimum atomic E-state index is -0.242. The van der Waals surface area contributed by atoms with Crippen molar-refractivity contribution in [2.24, 2.45) is 5.73 Å². The van der Waals surface area contributed by atoms with Crippen molar-refractivity contribution < 1.29 is 4.79 Å². The number of halogens is 2. The summed E-state index contributed by atoms with van der Waals surface area (Å²) in [6, 6.07) is 8.05. The monoisotopic (exact) mass is 362 g/mol. The molecule has 1 aromatic carbocycles. The zero-order valence-corrected chi connectivity index (χ0v) is 14.5. The van der Waals surface area contributed by atoms with Crippen molar-refractivity contribution in [3.63, 3.8) is 0 Å².